The molecule has 0 aliphatic heterocycles. The number of carbonyl (C=O) groups excluding carboxylic acids is 1. The molecular formula is C12H16O2. The highest BCUT2D eigenvalue weighted by atomic mass is 16.5. The summed E-state index contributed by atoms with van der Waals surface area (Å²) < 4.78 is 4.40. The van der Waals surface area contributed by atoms with Gasteiger partial charge in [-0.3, -0.25) is 4.79 Å². The van der Waals surface area contributed by atoms with Crippen molar-refractivity contribution in [3.05, 3.63) is 42.5 Å². The highest BCUT2D eigenvalue weighted by molar-refractivity contribution is 5.65. The maximum atomic E-state index is 9.82. The van der Waals surface area contributed by atoms with Gasteiger partial charge in [0, 0.05) is 6.92 Å². The Morgan fingerprint density at radius 3 is 2.21 bits per heavy atom. The normalized spacial score (nSPS) is 8.14. The first-order valence-corrected chi connectivity index (χ1v) is 4.51. The van der Waals surface area contributed by atoms with Gasteiger partial charge in [-0.15, -0.1) is 0 Å². The molecule has 0 aliphatic rings. The van der Waals surface area contributed by atoms with Gasteiger partial charge in [0.25, 0.3) is 0 Å². The molecular weight excluding hydrogens is 176 g/mol. The molecule has 0 heterocycles. The number of rotatable bonds is 2. The van der Waals surface area contributed by atoms with Crippen molar-refractivity contribution in [1.29, 1.82) is 0 Å². The van der Waals surface area contributed by atoms with Gasteiger partial charge in [-0.1, -0.05) is 43.0 Å². The van der Waals surface area contributed by atoms with Crippen LogP contribution in [0, 0.1) is 0 Å². The molecule has 1 aromatic carbocycles. The van der Waals surface area contributed by atoms with Crippen LogP contribution >= 0.6 is 0 Å². The molecule has 1 rings (SSSR count). The van der Waals surface area contributed by atoms with Crippen LogP contribution in [0.5, 0.6) is 0 Å². The molecule has 0 saturated carbocycles. The van der Waals surface area contributed by atoms with E-state index >= 15 is 0 Å². The highest BCUT2D eigenvalue weighted by Gasteiger charge is 1.81. The quantitative estimate of drug-likeness (QED) is 0.673. The Labute approximate surface area is 85.2 Å². The molecule has 0 spiro atoms. The lowest BCUT2D eigenvalue weighted by Gasteiger charge is -1.89. The van der Waals surface area contributed by atoms with E-state index < -0.39 is 0 Å². The van der Waals surface area contributed by atoms with Crippen LogP contribution in [0.4, 0.5) is 0 Å². The first-order chi connectivity index (χ1) is 6.70. The first kappa shape index (κ1) is 12.4. The van der Waals surface area contributed by atoms with Crippen molar-refractivity contribution in [2.75, 3.05) is 6.61 Å². The van der Waals surface area contributed by atoms with Gasteiger partial charge in [0.2, 0.25) is 0 Å². The SMILES string of the molecule is C=Cc1ccccc1.CCOC(C)=O. The van der Waals surface area contributed by atoms with Crippen LogP contribution in [-0.4, -0.2) is 12.6 Å². The minimum Gasteiger partial charge on any atom is -0.466 e. The fourth-order valence-electron chi connectivity index (χ4n) is 0.792. The topological polar surface area (TPSA) is 26.3 Å². The summed E-state index contributed by atoms with van der Waals surface area (Å²) in [5, 5.41) is 0. The van der Waals surface area contributed by atoms with Crippen LogP contribution in [0.1, 0.15) is 19.4 Å². The fraction of sp³-hybridized carbons (Fsp3) is 0.250. The molecule has 0 saturated heterocycles. The third-order valence-electron chi connectivity index (χ3n) is 1.38. The summed E-state index contributed by atoms with van der Waals surface area (Å²) in [4.78, 5) is 9.82. The van der Waals surface area contributed by atoms with Crippen LogP contribution in [-0.2, 0) is 9.53 Å². The lowest BCUT2D eigenvalue weighted by atomic mass is 10.2. The molecule has 0 fully saturated rings. The van der Waals surface area contributed by atoms with Gasteiger partial charge in [-0.05, 0) is 12.5 Å². The van der Waals surface area contributed by atoms with Crippen LogP contribution in [0.3, 0.4) is 0 Å². The summed E-state index contributed by atoms with van der Waals surface area (Å²) in [6.45, 7) is 7.28. The van der Waals surface area contributed by atoms with E-state index in [-0.39, 0.29) is 5.97 Å². The number of hydrogen-bond acceptors (Lipinski definition) is 2. The van der Waals surface area contributed by atoms with Crippen LogP contribution in [0.2, 0.25) is 0 Å². The fourth-order valence-corrected chi connectivity index (χ4v) is 0.792. The summed E-state index contributed by atoms with van der Waals surface area (Å²) >= 11 is 0. The Kier molecular flexibility index (Phi) is 7.15. The first-order valence-electron chi connectivity index (χ1n) is 4.51. The van der Waals surface area contributed by atoms with Crippen molar-refractivity contribution in [3.63, 3.8) is 0 Å². The Bertz CT molecular complexity index is 265. The van der Waals surface area contributed by atoms with Crippen molar-refractivity contribution in [2.24, 2.45) is 0 Å². The van der Waals surface area contributed by atoms with Crippen molar-refractivity contribution < 1.29 is 9.53 Å². The van der Waals surface area contributed by atoms with Gasteiger partial charge in [-0.25, -0.2) is 0 Å². The molecule has 14 heavy (non-hydrogen) atoms. The summed E-state index contributed by atoms with van der Waals surface area (Å²) in [6.07, 6.45) is 1.83. The zero-order chi connectivity index (χ0) is 10.8. The van der Waals surface area contributed by atoms with E-state index in [9.17, 15) is 4.79 Å². The lowest BCUT2D eigenvalue weighted by Crippen LogP contribution is -1.95. The van der Waals surface area contributed by atoms with Gasteiger partial charge >= 0.3 is 5.97 Å². The second kappa shape index (κ2) is 8.05. The standard InChI is InChI=1S/C8H8.C4H8O2/c1-2-8-6-4-3-5-7-8;1-3-6-4(2)5/h2-7H,1H2;3H2,1-2H3. The second-order valence-electron chi connectivity index (χ2n) is 2.54. The number of carbonyl (C=O) groups is 1. The lowest BCUT2D eigenvalue weighted by molar-refractivity contribution is -0.140. The molecule has 2 heteroatoms. The minimum absolute atomic E-state index is 0.211. The van der Waals surface area contributed by atoms with Gasteiger partial charge in [-0.2, -0.15) is 0 Å². The van der Waals surface area contributed by atoms with E-state index in [0.29, 0.717) is 6.61 Å². The summed E-state index contributed by atoms with van der Waals surface area (Å²) in [6, 6.07) is 10.0. The number of benzene rings is 1. The van der Waals surface area contributed by atoms with Gasteiger partial charge in [0.1, 0.15) is 0 Å². The molecule has 1 aromatic rings. The monoisotopic (exact) mass is 192 g/mol. The Hall–Kier alpha value is -1.57. The molecule has 0 amide bonds. The molecule has 0 bridgehead atoms. The van der Waals surface area contributed by atoms with Crippen molar-refractivity contribution in [2.45, 2.75) is 13.8 Å². The van der Waals surface area contributed by atoms with E-state index in [2.05, 4.69) is 11.3 Å². The molecule has 2 nitrogen and oxygen atoms in total. The Morgan fingerprint density at radius 2 is 2.00 bits per heavy atom. The van der Waals surface area contributed by atoms with Crippen molar-refractivity contribution in [1.82, 2.24) is 0 Å². The van der Waals surface area contributed by atoms with E-state index in [0.717, 1.165) is 0 Å². The largest absolute Gasteiger partial charge is 0.466 e. The number of hydrogen-bond donors (Lipinski definition) is 0. The number of ether oxygens (including phenoxy) is 1. The van der Waals surface area contributed by atoms with Crippen molar-refractivity contribution in [3.8, 4) is 0 Å². The minimum atomic E-state index is -0.211. The molecule has 0 radical (unpaired) electrons. The van der Waals surface area contributed by atoms with E-state index in [1.165, 1.54) is 12.5 Å². The van der Waals surface area contributed by atoms with Crippen molar-refractivity contribution >= 4 is 12.0 Å². The smallest absolute Gasteiger partial charge is 0.302 e. The highest BCUT2D eigenvalue weighted by Crippen LogP contribution is 1.97. The molecule has 76 valence electrons. The predicted molar refractivity (Wildman–Crippen MR) is 58.8 cm³/mol. The molecule has 0 aliphatic carbocycles. The molecule has 0 aromatic heterocycles. The predicted octanol–water partition coefficient (Wildman–Crippen LogP) is 2.90. The van der Waals surface area contributed by atoms with Gasteiger partial charge < -0.3 is 4.74 Å². The average Bonchev–Trinajstić information content (AvgIpc) is 2.20. The maximum absolute atomic E-state index is 9.82. The summed E-state index contributed by atoms with van der Waals surface area (Å²) in [7, 11) is 0. The summed E-state index contributed by atoms with van der Waals surface area (Å²) in [5.41, 5.74) is 1.17. The average molecular weight is 192 g/mol. The van der Waals surface area contributed by atoms with Crippen LogP contribution in [0.25, 0.3) is 6.08 Å². The van der Waals surface area contributed by atoms with E-state index in [4.69, 9.17) is 0 Å². The Balaban J connectivity index is 0.000000255. The number of esters is 1. The molecule has 0 unspecified atom stereocenters. The van der Waals surface area contributed by atoms with Crippen LogP contribution in [0.15, 0.2) is 36.9 Å². The zero-order valence-corrected chi connectivity index (χ0v) is 8.69. The van der Waals surface area contributed by atoms with Crippen LogP contribution < -0.4 is 0 Å². The maximum Gasteiger partial charge on any atom is 0.302 e. The second-order valence-corrected chi connectivity index (χ2v) is 2.54. The summed E-state index contributed by atoms with van der Waals surface area (Å²) in [5.74, 6) is -0.211. The third kappa shape index (κ3) is 7.10. The van der Waals surface area contributed by atoms with Gasteiger partial charge in [0.05, 0.1) is 6.61 Å². The van der Waals surface area contributed by atoms with Gasteiger partial charge in [0.15, 0.2) is 0 Å². The van der Waals surface area contributed by atoms with E-state index in [1.54, 1.807) is 6.92 Å². The molecule has 0 N–H and O–H groups in total. The third-order valence-corrected chi connectivity index (χ3v) is 1.38. The molecule has 0 atom stereocenters. The zero-order valence-electron chi connectivity index (χ0n) is 8.69. The Morgan fingerprint density at radius 1 is 1.43 bits per heavy atom. The van der Waals surface area contributed by atoms with E-state index in [1.807, 2.05) is 36.4 Å².